The second-order valence-corrected chi connectivity index (χ2v) is 18.3. The van der Waals surface area contributed by atoms with Crippen LogP contribution in [0.3, 0.4) is 0 Å². The highest BCUT2D eigenvalue weighted by Gasteiger charge is 2.33. The monoisotopic (exact) mass is 869 g/mol. The molecule has 5 aromatic rings. The third-order valence-electron chi connectivity index (χ3n) is 13.2. The summed E-state index contributed by atoms with van der Waals surface area (Å²) >= 11 is 0. The van der Waals surface area contributed by atoms with Crippen molar-refractivity contribution in [2.45, 2.75) is 115 Å². The van der Waals surface area contributed by atoms with Gasteiger partial charge in [-0.2, -0.15) is 15.3 Å². The number of hydrogen-bond acceptors (Lipinski definition) is 11. The Hall–Kier alpha value is -5.33. The number of benzene rings is 1. The number of nitrogens with zero attached hydrogens (tertiary/aromatic N) is 9. The van der Waals surface area contributed by atoms with Crippen molar-refractivity contribution in [1.29, 1.82) is 0 Å². The molecule has 4 aliphatic rings. The van der Waals surface area contributed by atoms with E-state index in [4.69, 9.17) is 19.6 Å². The molecule has 0 bridgehead atoms. The number of halogens is 2. The Morgan fingerprint density at radius 3 is 2.62 bits per heavy atom. The first-order valence-electron chi connectivity index (χ1n) is 22.5. The molecule has 1 saturated carbocycles. The minimum Gasteiger partial charge on any atom is -0.378 e. The number of aromatic nitrogens is 7. The summed E-state index contributed by atoms with van der Waals surface area (Å²) < 4.78 is 45.7. The molecule has 4 aromatic heterocycles. The predicted molar refractivity (Wildman–Crippen MR) is 231 cm³/mol. The fourth-order valence-electron chi connectivity index (χ4n) is 10.00. The Balaban J connectivity index is 0.728. The summed E-state index contributed by atoms with van der Waals surface area (Å²) in [6.45, 7) is 11.5. The average molecular weight is 870 g/mol. The van der Waals surface area contributed by atoms with Crippen LogP contribution in [-0.4, -0.2) is 114 Å². The Morgan fingerprint density at radius 2 is 1.86 bits per heavy atom. The van der Waals surface area contributed by atoms with Crippen molar-refractivity contribution in [2.24, 2.45) is 5.92 Å². The van der Waals surface area contributed by atoms with Crippen LogP contribution in [0.25, 0.3) is 16.6 Å². The Labute approximate surface area is 364 Å². The number of alkyl halides is 2. The van der Waals surface area contributed by atoms with Crippen molar-refractivity contribution >= 4 is 45.8 Å². The number of ether oxygens (including phenoxy) is 2. The lowest BCUT2D eigenvalue weighted by Gasteiger charge is -2.38. The number of anilines is 2. The molecule has 336 valence electrons. The van der Waals surface area contributed by atoms with E-state index < -0.39 is 24.1 Å². The van der Waals surface area contributed by atoms with Gasteiger partial charge in [-0.1, -0.05) is 12.1 Å². The van der Waals surface area contributed by atoms with Gasteiger partial charge in [0.05, 0.1) is 47.4 Å². The molecule has 1 aromatic carbocycles. The molecule has 3 aliphatic heterocycles. The van der Waals surface area contributed by atoms with Gasteiger partial charge in [-0.15, -0.1) is 0 Å². The Morgan fingerprint density at radius 1 is 1.05 bits per heavy atom. The van der Waals surface area contributed by atoms with Crippen LogP contribution >= 0.6 is 0 Å². The number of likely N-dealkylation sites (tertiary alicyclic amines) is 1. The first-order chi connectivity index (χ1) is 30.4. The number of carbonyl (C=O) groups is 3. The van der Waals surface area contributed by atoms with Crippen LogP contribution < -0.4 is 15.5 Å². The molecular weight excluding hydrogens is 813 g/mol. The molecule has 1 unspecified atom stereocenters. The van der Waals surface area contributed by atoms with Crippen LogP contribution in [0.1, 0.15) is 117 Å². The fraction of sp³-hybridized carbons (Fsp3) is 0.578. The van der Waals surface area contributed by atoms with E-state index in [9.17, 15) is 23.2 Å². The number of carbonyl (C=O) groups excluding carboxylic acids is 3. The second kappa shape index (κ2) is 18.0. The molecule has 16 nitrogen and oxygen atoms in total. The lowest BCUT2D eigenvalue weighted by molar-refractivity contribution is -0.135. The van der Waals surface area contributed by atoms with Crippen LogP contribution in [-0.2, 0) is 25.5 Å². The normalized spacial score (nSPS) is 22.6. The summed E-state index contributed by atoms with van der Waals surface area (Å²) in [5.74, 6) is 0.102. The molecule has 1 aliphatic carbocycles. The molecule has 9 rings (SSSR count). The number of imide groups is 1. The van der Waals surface area contributed by atoms with Crippen molar-refractivity contribution in [1.82, 2.24) is 44.4 Å². The largest absolute Gasteiger partial charge is 0.378 e. The van der Waals surface area contributed by atoms with E-state index in [-0.39, 0.29) is 40.8 Å². The second-order valence-electron chi connectivity index (χ2n) is 18.3. The zero-order valence-electron chi connectivity index (χ0n) is 36.3. The Kier molecular flexibility index (Phi) is 12.3. The number of aryl methyl sites for hydroxylation is 2. The quantitative estimate of drug-likeness (QED) is 0.102. The minimum absolute atomic E-state index is 0.000793. The first kappa shape index (κ1) is 42.9. The van der Waals surface area contributed by atoms with Gasteiger partial charge in [0, 0.05) is 63.5 Å². The van der Waals surface area contributed by atoms with Crippen LogP contribution in [0.5, 0.6) is 0 Å². The highest BCUT2D eigenvalue weighted by atomic mass is 19.3. The summed E-state index contributed by atoms with van der Waals surface area (Å²) in [6.07, 6.45) is 10.1. The highest BCUT2D eigenvalue weighted by Crippen LogP contribution is 2.36. The van der Waals surface area contributed by atoms with E-state index in [1.54, 1.807) is 21.8 Å². The molecule has 2 N–H and O–H groups in total. The van der Waals surface area contributed by atoms with E-state index in [0.29, 0.717) is 56.5 Å². The van der Waals surface area contributed by atoms with E-state index in [2.05, 4.69) is 36.7 Å². The summed E-state index contributed by atoms with van der Waals surface area (Å²) in [6, 6.07) is 7.45. The molecule has 18 heteroatoms. The maximum absolute atomic E-state index is 14.3. The minimum atomic E-state index is -2.85. The zero-order chi connectivity index (χ0) is 43.8. The maximum Gasteiger partial charge on any atom is 0.284 e. The standard InChI is InChI=1S/C45H57F2N11O5/c1-28-39-30(6-4-8-35(39)58(52-28)36-13-14-38(59)51-44(36)61)7-5-22-62-32-15-18-54(19-16-32)25-29-9-11-31(12-10-29)57-26-34(40(53-57)41(46)47)49-43(60)33-24-48-56-20-17-37(50-42(33)56)55-21-23-63-45(2,3)27-55/h4,6,8,17,20,24,26,29,31-32,36,41H,5,7,9-16,18-19,21-23,25,27H2,1-3H3,(H,49,60)(H,51,59,61). The van der Waals surface area contributed by atoms with Crippen LogP contribution in [0.15, 0.2) is 42.9 Å². The molecule has 4 fully saturated rings. The van der Waals surface area contributed by atoms with Crippen molar-refractivity contribution in [2.75, 3.05) is 56.2 Å². The van der Waals surface area contributed by atoms with Crippen LogP contribution in [0, 0.1) is 12.8 Å². The van der Waals surface area contributed by atoms with E-state index in [1.165, 1.54) is 16.3 Å². The topological polar surface area (TPSA) is 166 Å². The number of hydrogen-bond donors (Lipinski definition) is 2. The highest BCUT2D eigenvalue weighted by molar-refractivity contribution is 6.08. The van der Waals surface area contributed by atoms with Crippen molar-refractivity contribution in [3.05, 3.63) is 65.4 Å². The molecular formula is C45H57F2N11O5. The number of morpholine rings is 1. The van der Waals surface area contributed by atoms with Crippen LogP contribution in [0.4, 0.5) is 20.3 Å². The molecule has 0 spiro atoms. The summed E-state index contributed by atoms with van der Waals surface area (Å²) in [4.78, 5) is 47.2. The summed E-state index contributed by atoms with van der Waals surface area (Å²) in [5.41, 5.74) is 2.73. The zero-order valence-corrected chi connectivity index (χ0v) is 36.3. The first-order valence-corrected chi connectivity index (χ1v) is 22.5. The van der Waals surface area contributed by atoms with Gasteiger partial charge in [0.1, 0.15) is 17.4 Å². The van der Waals surface area contributed by atoms with Crippen molar-refractivity contribution < 1.29 is 32.6 Å². The van der Waals surface area contributed by atoms with Gasteiger partial charge in [0.25, 0.3) is 18.2 Å². The molecule has 3 amide bonds. The summed E-state index contributed by atoms with van der Waals surface area (Å²) in [7, 11) is 0. The smallest absolute Gasteiger partial charge is 0.284 e. The number of amides is 3. The molecule has 3 saturated heterocycles. The van der Waals surface area contributed by atoms with Gasteiger partial charge in [-0.25, -0.2) is 18.3 Å². The van der Waals surface area contributed by atoms with E-state index >= 15 is 0 Å². The van der Waals surface area contributed by atoms with Gasteiger partial charge < -0.3 is 24.6 Å². The third kappa shape index (κ3) is 9.34. The molecule has 0 radical (unpaired) electrons. The molecule has 1 atom stereocenters. The third-order valence-corrected chi connectivity index (χ3v) is 13.2. The SMILES string of the molecule is Cc1nn(C2CCC(=O)NC2=O)c2cccc(CCCOC3CCN(CC4CCC(n5cc(NC(=O)c6cnn7ccc(N8CCOC(C)(C)C8)nc67)c(C(F)F)n5)CC4)CC3)c12. The number of rotatable bonds is 13. The van der Waals surface area contributed by atoms with E-state index in [0.717, 1.165) is 87.6 Å². The van der Waals surface area contributed by atoms with Gasteiger partial charge in [0.15, 0.2) is 11.3 Å². The van der Waals surface area contributed by atoms with Gasteiger partial charge in [0.2, 0.25) is 5.91 Å². The van der Waals surface area contributed by atoms with Gasteiger partial charge in [-0.3, -0.25) is 29.1 Å². The Bertz CT molecular complexity index is 2470. The average Bonchev–Trinajstić information content (AvgIpc) is 3.98. The van der Waals surface area contributed by atoms with E-state index in [1.807, 2.05) is 39.0 Å². The molecule has 63 heavy (non-hydrogen) atoms. The van der Waals surface area contributed by atoms with Crippen molar-refractivity contribution in [3.8, 4) is 0 Å². The molecule has 7 heterocycles. The summed E-state index contributed by atoms with van der Waals surface area (Å²) in [5, 5.41) is 19.5. The van der Waals surface area contributed by atoms with Crippen molar-refractivity contribution in [3.63, 3.8) is 0 Å². The fourth-order valence-corrected chi connectivity index (χ4v) is 10.00. The van der Waals surface area contributed by atoms with Gasteiger partial charge in [-0.05, 0) is 102 Å². The maximum atomic E-state index is 14.3. The van der Waals surface area contributed by atoms with Gasteiger partial charge >= 0.3 is 0 Å². The lowest BCUT2D eigenvalue weighted by Crippen LogP contribution is -2.48. The lowest BCUT2D eigenvalue weighted by atomic mass is 9.85. The number of fused-ring (bicyclic) bond motifs is 2. The number of nitrogens with one attached hydrogen (secondary N) is 2. The van der Waals surface area contributed by atoms with Crippen LogP contribution in [0.2, 0.25) is 0 Å². The predicted octanol–water partition coefficient (Wildman–Crippen LogP) is 6.21. The number of piperidine rings is 2.